The number of piperidine rings is 1. The van der Waals surface area contributed by atoms with Gasteiger partial charge >= 0.3 is 0 Å². The zero-order valence-electron chi connectivity index (χ0n) is 7.99. The molecule has 1 aliphatic heterocycles. The van der Waals surface area contributed by atoms with Gasteiger partial charge in [0.05, 0.1) is 0 Å². The summed E-state index contributed by atoms with van der Waals surface area (Å²) in [4.78, 5) is 14.6. The van der Waals surface area contributed by atoms with Gasteiger partial charge in [-0.15, -0.1) is 0 Å². The average molecular weight is 170 g/mol. The summed E-state index contributed by atoms with van der Waals surface area (Å²) in [6.45, 7) is 5.13. The highest BCUT2D eigenvalue weighted by molar-refractivity contribution is 5.47. The number of carbonyl (C=O) groups is 1. The molecule has 1 heterocycles. The normalized spacial score (nSPS) is 20.1. The lowest BCUT2D eigenvalue weighted by molar-refractivity contribution is -0.119. The third kappa shape index (κ3) is 2.21. The van der Waals surface area contributed by atoms with E-state index in [0.717, 1.165) is 38.9 Å². The fraction of sp³-hybridized carbons (Fsp3) is 0.889. The van der Waals surface area contributed by atoms with E-state index in [1.54, 1.807) is 0 Å². The molecule has 1 fully saturated rings. The third-order valence-corrected chi connectivity index (χ3v) is 2.77. The van der Waals surface area contributed by atoms with Gasteiger partial charge in [-0.2, -0.15) is 0 Å². The predicted octanol–water partition coefficient (Wildman–Crippen LogP) is 0.559. The van der Waals surface area contributed by atoms with Gasteiger partial charge in [0.25, 0.3) is 0 Å². The maximum absolute atomic E-state index is 10.4. The lowest BCUT2D eigenvalue weighted by atomic mass is 10.0. The Labute approximate surface area is 74.3 Å². The summed E-state index contributed by atoms with van der Waals surface area (Å²) in [5.74, 6) is 0. The van der Waals surface area contributed by atoms with E-state index < -0.39 is 0 Å². The summed E-state index contributed by atoms with van der Waals surface area (Å²) in [5.41, 5.74) is 0. The minimum absolute atomic E-state index is 0.686. The fourth-order valence-electron chi connectivity index (χ4n) is 1.69. The van der Waals surface area contributed by atoms with Crippen LogP contribution in [0.2, 0.25) is 0 Å². The first-order valence-corrected chi connectivity index (χ1v) is 4.67. The summed E-state index contributed by atoms with van der Waals surface area (Å²) in [6.07, 6.45) is 3.22. The van der Waals surface area contributed by atoms with Gasteiger partial charge in [0.15, 0.2) is 0 Å². The van der Waals surface area contributed by atoms with E-state index >= 15 is 0 Å². The topological polar surface area (TPSA) is 23.6 Å². The Kier molecular flexibility index (Phi) is 3.53. The van der Waals surface area contributed by atoms with Crippen LogP contribution in [0, 0.1) is 0 Å². The number of hydrogen-bond acceptors (Lipinski definition) is 2. The molecule has 0 N–H and O–H groups in total. The summed E-state index contributed by atoms with van der Waals surface area (Å²) in [6, 6.07) is 0.686. The first kappa shape index (κ1) is 9.52. The van der Waals surface area contributed by atoms with Crippen molar-refractivity contribution in [3.8, 4) is 0 Å². The van der Waals surface area contributed by atoms with Crippen molar-refractivity contribution in [2.45, 2.75) is 25.8 Å². The van der Waals surface area contributed by atoms with Crippen molar-refractivity contribution in [2.24, 2.45) is 0 Å². The van der Waals surface area contributed by atoms with E-state index in [1.165, 1.54) is 0 Å². The molecular weight excluding hydrogens is 152 g/mol. The third-order valence-electron chi connectivity index (χ3n) is 2.77. The second-order valence-corrected chi connectivity index (χ2v) is 3.45. The molecule has 1 aliphatic rings. The quantitative estimate of drug-likeness (QED) is 0.578. The van der Waals surface area contributed by atoms with Crippen molar-refractivity contribution < 1.29 is 4.79 Å². The van der Waals surface area contributed by atoms with E-state index in [4.69, 9.17) is 0 Å². The maximum Gasteiger partial charge on any atom is 0.209 e. The van der Waals surface area contributed by atoms with Crippen LogP contribution < -0.4 is 0 Å². The Hall–Kier alpha value is -0.570. The average Bonchev–Trinajstić information content (AvgIpc) is 2.17. The van der Waals surface area contributed by atoms with Crippen molar-refractivity contribution in [2.75, 3.05) is 26.7 Å². The van der Waals surface area contributed by atoms with Crippen LogP contribution in [-0.2, 0) is 4.79 Å². The highest BCUT2D eigenvalue weighted by atomic mass is 16.1. The number of carbonyl (C=O) groups excluding carboxylic acids is 1. The molecule has 0 unspecified atom stereocenters. The molecule has 1 saturated heterocycles. The van der Waals surface area contributed by atoms with Gasteiger partial charge < -0.3 is 9.80 Å². The van der Waals surface area contributed by atoms with Crippen LogP contribution in [0.1, 0.15) is 19.8 Å². The Morgan fingerprint density at radius 1 is 1.50 bits per heavy atom. The number of likely N-dealkylation sites (tertiary alicyclic amines) is 1. The SMILES string of the molecule is CCN(C)C1CCN(C=O)CC1. The van der Waals surface area contributed by atoms with Crippen LogP contribution in [0.15, 0.2) is 0 Å². The molecule has 0 aromatic heterocycles. The molecule has 0 aliphatic carbocycles. The van der Waals surface area contributed by atoms with Crippen LogP contribution in [0.4, 0.5) is 0 Å². The molecule has 0 saturated carbocycles. The Morgan fingerprint density at radius 2 is 2.08 bits per heavy atom. The zero-order chi connectivity index (χ0) is 8.97. The van der Waals surface area contributed by atoms with Gasteiger partial charge in [-0.05, 0) is 26.4 Å². The molecule has 1 rings (SSSR count). The maximum atomic E-state index is 10.4. The van der Waals surface area contributed by atoms with Crippen LogP contribution >= 0.6 is 0 Å². The first-order valence-electron chi connectivity index (χ1n) is 4.67. The van der Waals surface area contributed by atoms with Gasteiger partial charge in [-0.3, -0.25) is 4.79 Å². The molecule has 0 radical (unpaired) electrons. The molecule has 0 aromatic rings. The van der Waals surface area contributed by atoms with Crippen LogP contribution in [0.25, 0.3) is 0 Å². The van der Waals surface area contributed by atoms with Crippen LogP contribution in [-0.4, -0.2) is 48.9 Å². The number of hydrogen-bond donors (Lipinski definition) is 0. The van der Waals surface area contributed by atoms with Crippen LogP contribution in [0.3, 0.4) is 0 Å². The molecule has 0 atom stereocenters. The molecule has 3 nitrogen and oxygen atoms in total. The van der Waals surface area contributed by atoms with Gasteiger partial charge in [0, 0.05) is 19.1 Å². The van der Waals surface area contributed by atoms with Gasteiger partial charge in [-0.25, -0.2) is 0 Å². The molecule has 0 aromatic carbocycles. The highest BCUT2D eigenvalue weighted by Crippen LogP contribution is 2.13. The van der Waals surface area contributed by atoms with E-state index in [2.05, 4.69) is 18.9 Å². The van der Waals surface area contributed by atoms with Crippen molar-refractivity contribution in [3.05, 3.63) is 0 Å². The van der Waals surface area contributed by atoms with Gasteiger partial charge in [0.2, 0.25) is 6.41 Å². The summed E-state index contributed by atoms with van der Waals surface area (Å²) in [5, 5.41) is 0. The van der Waals surface area contributed by atoms with Gasteiger partial charge in [-0.1, -0.05) is 6.92 Å². The van der Waals surface area contributed by atoms with Crippen molar-refractivity contribution in [1.29, 1.82) is 0 Å². The minimum Gasteiger partial charge on any atom is -0.345 e. The van der Waals surface area contributed by atoms with Crippen molar-refractivity contribution >= 4 is 6.41 Å². The van der Waals surface area contributed by atoms with E-state index in [0.29, 0.717) is 6.04 Å². The Balaban J connectivity index is 2.30. The fourth-order valence-corrected chi connectivity index (χ4v) is 1.69. The second-order valence-electron chi connectivity index (χ2n) is 3.45. The van der Waals surface area contributed by atoms with Crippen LogP contribution in [0.5, 0.6) is 0 Å². The first-order chi connectivity index (χ1) is 5.77. The van der Waals surface area contributed by atoms with E-state index in [-0.39, 0.29) is 0 Å². The highest BCUT2D eigenvalue weighted by Gasteiger charge is 2.19. The van der Waals surface area contributed by atoms with Crippen molar-refractivity contribution in [1.82, 2.24) is 9.80 Å². The lowest BCUT2D eigenvalue weighted by Gasteiger charge is -2.34. The van der Waals surface area contributed by atoms with E-state index in [1.807, 2.05) is 4.90 Å². The smallest absolute Gasteiger partial charge is 0.209 e. The minimum atomic E-state index is 0.686. The zero-order valence-corrected chi connectivity index (χ0v) is 7.99. The molecule has 0 bridgehead atoms. The standard InChI is InChI=1S/C9H18N2O/c1-3-10(2)9-4-6-11(8-12)7-5-9/h8-9H,3-7H2,1-2H3. The molecule has 70 valence electrons. The Bertz CT molecular complexity index is 141. The summed E-state index contributed by atoms with van der Waals surface area (Å²) >= 11 is 0. The molecule has 3 heteroatoms. The Morgan fingerprint density at radius 3 is 2.50 bits per heavy atom. The van der Waals surface area contributed by atoms with Crippen molar-refractivity contribution in [3.63, 3.8) is 0 Å². The summed E-state index contributed by atoms with van der Waals surface area (Å²) < 4.78 is 0. The molecule has 12 heavy (non-hydrogen) atoms. The molecule has 0 spiro atoms. The number of nitrogens with zero attached hydrogens (tertiary/aromatic N) is 2. The summed E-state index contributed by atoms with van der Waals surface area (Å²) in [7, 11) is 2.15. The van der Waals surface area contributed by atoms with E-state index in [9.17, 15) is 4.79 Å². The second kappa shape index (κ2) is 4.45. The van der Waals surface area contributed by atoms with Gasteiger partial charge in [0.1, 0.15) is 0 Å². The predicted molar refractivity (Wildman–Crippen MR) is 49.0 cm³/mol. The molecule has 1 amide bonds. The largest absolute Gasteiger partial charge is 0.345 e. The molecular formula is C9H18N2O. The monoisotopic (exact) mass is 170 g/mol. The lowest BCUT2D eigenvalue weighted by Crippen LogP contribution is -2.42. The number of rotatable bonds is 3. The number of amides is 1.